The lowest BCUT2D eigenvalue weighted by Gasteiger charge is -2.07. The molecule has 1 heterocycles. The van der Waals surface area contributed by atoms with Gasteiger partial charge in [-0.15, -0.1) is 0 Å². The highest BCUT2D eigenvalue weighted by atomic mass is 15.0. The number of hydrogen-bond donors (Lipinski definition) is 1. The summed E-state index contributed by atoms with van der Waals surface area (Å²) in [4.78, 5) is 0. The first-order valence-electron chi connectivity index (χ1n) is 5.02. The van der Waals surface area contributed by atoms with Gasteiger partial charge < -0.3 is 9.88 Å². The molecular weight excluding hydrogens is 172 g/mol. The van der Waals surface area contributed by atoms with E-state index in [4.69, 9.17) is 0 Å². The van der Waals surface area contributed by atoms with E-state index in [1.165, 1.54) is 16.6 Å². The fourth-order valence-corrected chi connectivity index (χ4v) is 1.87. The van der Waals surface area contributed by atoms with Crippen LogP contribution in [0.2, 0.25) is 0 Å². The van der Waals surface area contributed by atoms with Crippen molar-refractivity contribution in [2.24, 2.45) is 0 Å². The molecule has 0 amide bonds. The van der Waals surface area contributed by atoms with E-state index in [1.54, 1.807) is 0 Å². The van der Waals surface area contributed by atoms with E-state index in [0.717, 1.165) is 13.1 Å². The van der Waals surface area contributed by atoms with E-state index in [0.29, 0.717) is 0 Å². The van der Waals surface area contributed by atoms with Crippen LogP contribution in [0.1, 0.15) is 5.69 Å². The summed E-state index contributed by atoms with van der Waals surface area (Å²) >= 11 is 0. The van der Waals surface area contributed by atoms with Crippen LogP contribution in [-0.2, 0) is 6.54 Å². The molecule has 1 N–H and O–H groups in total. The van der Waals surface area contributed by atoms with Gasteiger partial charge in [0.05, 0.1) is 0 Å². The molecule has 0 radical (unpaired) electrons. The molecule has 0 aliphatic carbocycles. The van der Waals surface area contributed by atoms with Crippen LogP contribution in [0.5, 0.6) is 0 Å². The van der Waals surface area contributed by atoms with Crippen LogP contribution in [0.15, 0.2) is 30.3 Å². The maximum Gasteiger partial charge on any atom is 0.0482 e. The van der Waals surface area contributed by atoms with Gasteiger partial charge in [0.1, 0.15) is 0 Å². The van der Waals surface area contributed by atoms with Crippen LogP contribution in [0, 0.1) is 6.92 Å². The standard InChI is InChI=1S/C12H16N2/c1-10-9-11-5-3-4-6-12(11)14(10)8-7-13-2/h3-6,9,13H,7-8H2,1-2H3. The number of aryl methyl sites for hydroxylation is 1. The minimum atomic E-state index is 1.01. The second-order valence-corrected chi connectivity index (χ2v) is 3.60. The van der Waals surface area contributed by atoms with Crippen LogP contribution in [-0.4, -0.2) is 18.2 Å². The lowest BCUT2D eigenvalue weighted by molar-refractivity contribution is 0.650. The first-order valence-corrected chi connectivity index (χ1v) is 5.02. The lowest BCUT2D eigenvalue weighted by Crippen LogP contribution is -2.15. The topological polar surface area (TPSA) is 17.0 Å². The Morgan fingerprint density at radius 2 is 2.07 bits per heavy atom. The number of rotatable bonds is 3. The van der Waals surface area contributed by atoms with Gasteiger partial charge in [-0.25, -0.2) is 0 Å². The first-order chi connectivity index (χ1) is 6.83. The summed E-state index contributed by atoms with van der Waals surface area (Å²) in [6.45, 7) is 4.21. The van der Waals surface area contributed by atoms with E-state index in [1.807, 2.05) is 7.05 Å². The van der Waals surface area contributed by atoms with Crippen LogP contribution >= 0.6 is 0 Å². The van der Waals surface area contributed by atoms with Crippen molar-refractivity contribution in [1.82, 2.24) is 9.88 Å². The van der Waals surface area contributed by atoms with Gasteiger partial charge in [-0.2, -0.15) is 0 Å². The third kappa shape index (κ3) is 1.53. The van der Waals surface area contributed by atoms with Crippen molar-refractivity contribution in [2.45, 2.75) is 13.5 Å². The van der Waals surface area contributed by atoms with Crippen molar-refractivity contribution in [3.63, 3.8) is 0 Å². The minimum absolute atomic E-state index is 1.01. The van der Waals surface area contributed by atoms with E-state index in [-0.39, 0.29) is 0 Å². The molecule has 2 heteroatoms. The molecule has 1 aromatic carbocycles. The van der Waals surface area contributed by atoms with Crippen molar-refractivity contribution in [2.75, 3.05) is 13.6 Å². The Balaban J connectivity index is 2.45. The molecule has 0 aliphatic rings. The lowest BCUT2D eigenvalue weighted by atomic mass is 10.2. The number of nitrogens with zero attached hydrogens (tertiary/aromatic N) is 1. The molecular formula is C12H16N2. The summed E-state index contributed by atoms with van der Waals surface area (Å²) in [5.74, 6) is 0. The number of likely N-dealkylation sites (N-methyl/N-ethyl adjacent to an activating group) is 1. The molecule has 2 rings (SSSR count). The smallest absolute Gasteiger partial charge is 0.0482 e. The molecule has 14 heavy (non-hydrogen) atoms. The molecule has 0 saturated carbocycles. The second kappa shape index (κ2) is 3.84. The molecule has 2 nitrogen and oxygen atoms in total. The molecule has 0 fully saturated rings. The van der Waals surface area contributed by atoms with Gasteiger partial charge in [-0.05, 0) is 31.5 Å². The van der Waals surface area contributed by atoms with Crippen molar-refractivity contribution < 1.29 is 0 Å². The number of fused-ring (bicyclic) bond motifs is 1. The number of benzene rings is 1. The average molecular weight is 188 g/mol. The third-order valence-corrected chi connectivity index (χ3v) is 2.60. The summed E-state index contributed by atoms with van der Waals surface area (Å²) in [7, 11) is 1.99. The summed E-state index contributed by atoms with van der Waals surface area (Å²) in [5, 5.41) is 4.51. The number of hydrogen-bond acceptors (Lipinski definition) is 1. The highest BCUT2D eigenvalue weighted by molar-refractivity contribution is 5.81. The van der Waals surface area contributed by atoms with Gasteiger partial charge in [-0.3, -0.25) is 0 Å². The Bertz CT molecular complexity index is 429. The molecule has 2 aromatic rings. The molecule has 1 aromatic heterocycles. The third-order valence-electron chi connectivity index (χ3n) is 2.60. The fourth-order valence-electron chi connectivity index (χ4n) is 1.87. The summed E-state index contributed by atoms with van der Waals surface area (Å²) < 4.78 is 2.35. The van der Waals surface area contributed by atoms with E-state index >= 15 is 0 Å². The molecule has 74 valence electrons. The largest absolute Gasteiger partial charge is 0.344 e. The number of nitrogens with one attached hydrogen (secondary N) is 1. The molecule has 0 atom stereocenters. The zero-order chi connectivity index (χ0) is 9.97. The SMILES string of the molecule is CNCCn1c(C)cc2ccccc21. The average Bonchev–Trinajstić information content (AvgIpc) is 2.51. The van der Waals surface area contributed by atoms with Crippen molar-refractivity contribution in [1.29, 1.82) is 0 Å². The minimum Gasteiger partial charge on any atom is -0.344 e. The van der Waals surface area contributed by atoms with Gasteiger partial charge >= 0.3 is 0 Å². The van der Waals surface area contributed by atoms with E-state index in [9.17, 15) is 0 Å². The first kappa shape index (κ1) is 9.28. The van der Waals surface area contributed by atoms with Gasteiger partial charge in [0.15, 0.2) is 0 Å². The van der Waals surface area contributed by atoms with Crippen molar-refractivity contribution in [3.05, 3.63) is 36.0 Å². The number of para-hydroxylation sites is 1. The number of aromatic nitrogens is 1. The van der Waals surface area contributed by atoms with E-state index in [2.05, 4.69) is 47.1 Å². The fraction of sp³-hybridized carbons (Fsp3) is 0.333. The summed E-state index contributed by atoms with van der Waals surface area (Å²) in [6, 6.07) is 10.8. The van der Waals surface area contributed by atoms with Gasteiger partial charge in [0.25, 0.3) is 0 Å². The van der Waals surface area contributed by atoms with Crippen LogP contribution in [0.25, 0.3) is 10.9 Å². The maximum atomic E-state index is 3.18. The van der Waals surface area contributed by atoms with E-state index < -0.39 is 0 Å². The van der Waals surface area contributed by atoms with Gasteiger partial charge in [0, 0.05) is 24.3 Å². The summed E-state index contributed by atoms with van der Waals surface area (Å²) in [5.41, 5.74) is 2.67. The monoisotopic (exact) mass is 188 g/mol. The Morgan fingerprint density at radius 1 is 1.29 bits per heavy atom. The molecule has 0 aliphatic heterocycles. The highest BCUT2D eigenvalue weighted by Gasteiger charge is 2.02. The molecule has 0 unspecified atom stereocenters. The summed E-state index contributed by atoms with van der Waals surface area (Å²) in [6.07, 6.45) is 0. The Hall–Kier alpha value is -1.28. The molecule has 0 bridgehead atoms. The Morgan fingerprint density at radius 3 is 2.86 bits per heavy atom. The van der Waals surface area contributed by atoms with Crippen LogP contribution < -0.4 is 5.32 Å². The normalized spacial score (nSPS) is 11.0. The zero-order valence-electron chi connectivity index (χ0n) is 8.75. The zero-order valence-corrected chi connectivity index (χ0v) is 8.75. The highest BCUT2D eigenvalue weighted by Crippen LogP contribution is 2.18. The molecule has 0 saturated heterocycles. The van der Waals surface area contributed by atoms with Crippen molar-refractivity contribution in [3.8, 4) is 0 Å². The molecule has 0 spiro atoms. The predicted octanol–water partition coefficient (Wildman–Crippen LogP) is 2.17. The maximum absolute atomic E-state index is 3.18. The Kier molecular flexibility index (Phi) is 2.55. The van der Waals surface area contributed by atoms with Gasteiger partial charge in [-0.1, -0.05) is 18.2 Å². The van der Waals surface area contributed by atoms with Crippen LogP contribution in [0.3, 0.4) is 0 Å². The van der Waals surface area contributed by atoms with Crippen molar-refractivity contribution >= 4 is 10.9 Å². The quantitative estimate of drug-likeness (QED) is 0.781. The second-order valence-electron chi connectivity index (χ2n) is 3.60. The van der Waals surface area contributed by atoms with Crippen LogP contribution in [0.4, 0.5) is 0 Å². The predicted molar refractivity (Wildman–Crippen MR) is 60.6 cm³/mol. The van der Waals surface area contributed by atoms with Gasteiger partial charge in [0.2, 0.25) is 0 Å². The Labute approximate surface area is 84.5 Å².